The second-order valence-electron chi connectivity index (χ2n) is 2.99. The van der Waals surface area contributed by atoms with E-state index < -0.39 is 0 Å². The molecule has 1 heterocycles. The van der Waals surface area contributed by atoms with Crippen molar-refractivity contribution < 1.29 is 4.79 Å². The summed E-state index contributed by atoms with van der Waals surface area (Å²) in [6.07, 6.45) is 2.15. The minimum absolute atomic E-state index is 0.0191. The topological polar surface area (TPSA) is 47.8 Å². The van der Waals surface area contributed by atoms with Gasteiger partial charge in [-0.1, -0.05) is 26.0 Å². The molecule has 0 aliphatic rings. The van der Waals surface area contributed by atoms with Gasteiger partial charge in [-0.2, -0.15) is 4.68 Å². The summed E-state index contributed by atoms with van der Waals surface area (Å²) in [5.41, 5.74) is 0.858. The Morgan fingerprint density at radius 2 is 2.33 bits per heavy atom. The van der Waals surface area contributed by atoms with E-state index in [9.17, 15) is 4.79 Å². The summed E-state index contributed by atoms with van der Waals surface area (Å²) in [6.45, 7) is 5.84. The number of aromatic nitrogens is 3. The van der Waals surface area contributed by atoms with Crippen molar-refractivity contribution in [2.24, 2.45) is 0 Å². The number of carbonyl (C=O) groups is 1. The molecule has 4 heteroatoms. The average Bonchev–Trinajstić information content (AvgIpc) is 2.51. The Balaban J connectivity index is 2.84. The molecule has 1 aromatic heterocycles. The number of rotatable bonds is 2. The zero-order valence-corrected chi connectivity index (χ0v) is 7.61. The van der Waals surface area contributed by atoms with Crippen LogP contribution in [0.25, 0.3) is 0 Å². The Hall–Kier alpha value is -1.19. The third-order valence-corrected chi connectivity index (χ3v) is 1.66. The van der Waals surface area contributed by atoms with Gasteiger partial charge in [0.1, 0.15) is 0 Å². The van der Waals surface area contributed by atoms with Crippen molar-refractivity contribution in [2.75, 3.05) is 0 Å². The molecule has 0 unspecified atom stereocenters. The monoisotopic (exact) mass is 167 g/mol. The van der Waals surface area contributed by atoms with E-state index in [2.05, 4.69) is 10.3 Å². The number of carbonyl (C=O) groups excluding carboxylic acids is 1. The molecule has 0 aliphatic carbocycles. The lowest BCUT2D eigenvalue weighted by Crippen LogP contribution is -2.09. The lowest BCUT2D eigenvalue weighted by Gasteiger charge is -1.95. The highest BCUT2D eigenvalue weighted by atomic mass is 16.2. The molecule has 0 atom stereocenters. The zero-order chi connectivity index (χ0) is 9.14. The van der Waals surface area contributed by atoms with E-state index >= 15 is 0 Å². The summed E-state index contributed by atoms with van der Waals surface area (Å²) >= 11 is 0. The van der Waals surface area contributed by atoms with E-state index in [0.29, 0.717) is 12.3 Å². The van der Waals surface area contributed by atoms with E-state index in [4.69, 9.17) is 0 Å². The van der Waals surface area contributed by atoms with E-state index in [1.165, 1.54) is 4.68 Å². The van der Waals surface area contributed by atoms with Crippen molar-refractivity contribution in [2.45, 2.75) is 33.1 Å². The van der Waals surface area contributed by atoms with Gasteiger partial charge in [-0.25, -0.2) is 0 Å². The smallest absolute Gasteiger partial charge is 0.247 e. The summed E-state index contributed by atoms with van der Waals surface area (Å²) in [7, 11) is 0. The lowest BCUT2D eigenvalue weighted by atomic mass is 10.2. The minimum Gasteiger partial charge on any atom is -0.273 e. The maximum absolute atomic E-state index is 11.1. The van der Waals surface area contributed by atoms with Gasteiger partial charge in [-0.15, -0.1) is 5.10 Å². The molecule has 0 radical (unpaired) electrons. The lowest BCUT2D eigenvalue weighted by molar-refractivity contribution is 0.0890. The molecule has 1 rings (SSSR count). The van der Waals surface area contributed by atoms with Crippen LogP contribution in [0.1, 0.15) is 43.6 Å². The van der Waals surface area contributed by atoms with Gasteiger partial charge in [0.2, 0.25) is 5.91 Å². The minimum atomic E-state index is -0.0191. The number of hydrogen-bond donors (Lipinski definition) is 0. The maximum atomic E-state index is 11.1. The van der Waals surface area contributed by atoms with Crippen LogP contribution in [0, 0.1) is 0 Å². The van der Waals surface area contributed by atoms with E-state index in [-0.39, 0.29) is 5.91 Å². The largest absolute Gasteiger partial charge is 0.273 e. The summed E-state index contributed by atoms with van der Waals surface area (Å²) in [6, 6.07) is 0. The quantitative estimate of drug-likeness (QED) is 0.669. The molecule has 0 N–H and O–H groups in total. The Kier molecular flexibility index (Phi) is 2.58. The van der Waals surface area contributed by atoms with Crippen molar-refractivity contribution in [3.8, 4) is 0 Å². The Labute approximate surface area is 71.6 Å². The van der Waals surface area contributed by atoms with E-state index in [1.54, 1.807) is 13.1 Å². The summed E-state index contributed by atoms with van der Waals surface area (Å²) in [5.74, 6) is 0.304. The Bertz CT molecular complexity index is 278. The van der Waals surface area contributed by atoms with Gasteiger partial charge in [0, 0.05) is 6.42 Å². The molecule has 1 aromatic rings. The third-order valence-electron chi connectivity index (χ3n) is 1.66. The predicted octanol–water partition coefficient (Wildman–Crippen LogP) is 1.45. The van der Waals surface area contributed by atoms with Crippen LogP contribution in [0.2, 0.25) is 0 Å². The molecule has 0 fully saturated rings. The van der Waals surface area contributed by atoms with Gasteiger partial charge >= 0.3 is 0 Å². The first-order chi connectivity index (χ1) is 5.65. The van der Waals surface area contributed by atoms with Gasteiger partial charge in [0.15, 0.2) is 0 Å². The normalized spacial score (nSPS) is 10.7. The van der Waals surface area contributed by atoms with Gasteiger partial charge in [0.05, 0.1) is 11.9 Å². The van der Waals surface area contributed by atoms with Crippen molar-refractivity contribution in [3.05, 3.63) is 11.9 Å². The Morgan fingerprint density at radius 3 is 2.75 bits per heavy atom. The zero-order valence-electron chi connectivity index (χ0n) is 7.61. The fourth-order valence-electron chi connectivity index (χ4n) is 0.825. The number of nitrogens with zero attached hydrogens (tertiary/aromatic N) is 3. The first-order valence-corrected chi connectivity index (χ1v) is 4.10. The van der Waals surface area contributed by atoms with Gasteiger partial charge in [0.25, 0.3) is 0 Å². The molecular weight excluding hydrogens is 154 g/mol. The molecule has 0 spiro atoms. The van der Waals surface area contributed by atoms with Crippen LogP contribution in [0.3, 0.4) is 0 Å². The molecule has 12 heavy (non-hydrogen) atoms. The molecular formula is C8H13N3O. The molecule has 66 valence electrons. The number of hydrogen-bond acceptors (Lipinski definition) is 3. The highest BCUT2D eigenvalue weighted by molar-refractivity contribution is 5.77. The molecule has 0 saturated heterocycles. The highest BCUT2D eigenvalue weighted by Gasteiger charge is 2.08. The van der Waals surface area contributed by atoms with Gasteiger partial charge in [-0.3, -0.25) is 4.79 Å². The second kappa shape index (κ2) is 3.47. The van der Waals surface area contributed by atoms with E-state index in [1.807, 2.05) is 13.8 Å². The third kappa shape index (κ3) is 1.69. The average molecular weight is 167 g/mol. The van der Waals surface area contributed by atoms with Crippen LogP contribution in [0.4, 0.5) is 0 Å². The van der Waals surface area contributed by atoms with Gasteiger partial charge < -0.3 is 0 Å². The maximum Gasteiger partial charge on any atom is 0.247 e. The predicted molar refractivity (Wildman–Crippen MR) is 45.0 cm³/mol. The van der Waals surface area contributed by atoms with Crippen LogP contribution >= 0.6 is 0 Å². The molecule has 0 bridgehead atoms. The first-order valence-electron chi connectivity index (χ1n) is 4.10. The van der Waals surface area contributed by atoms with Crippen molar-refractivity contribution in [3.63, 3.8) is 0 Å². The van der Waals surface area contributed by atoms with Gasteiger partial charge in [-0.05, 0) is 5.92 Å². The van der Waals surface area contributed by atoms with Crippen LogP contribution in [-0.2, 0) is 0 Å². The van der Waals surface area contributed by atoms with Crippen LogP contribution in [-0.4, -0.2) is 20.9 Å². The van der Waals surface area contributed by atoms with Crippen LogP contribution < -0.4 is 0 Å². The summed E-state index contributed by atoms with van der Waals surface area (Å²) in [4.78, 5) is 11.1. The first kappa shape index (κ1) is 8.90. The van der Waals surface area contributed by atoms with Crippen molar-refractivity contribution in [1.82, 2.24) is 15.0 Å². The molecule has 4 nitrogen and oxygen atoms in total. The van der Waals surface area contributed by atoms with Crippen molar-refractivity contribution in [1.29, 1.82) is 0 Å². The molecule has 0 amide bonds. The van der Waals surface area contributed by atoms with Crippen LogP contribution in [0.5, 0.6) is 0 Å². The van der Waals surface area contributed by atoms with E-state index in [0.717, 1.165) is 5.69 Å². The molecule has 0 aromatic carbocycles. The fraction of sp³-hybridized carbons (Fsp3) is 0.625. The summed E-state index contributed by atoms with van der Waals surface area (Å²) < 4.78 is 1.30. The Morgan fingerprint density at radius 1 is 1.67 bits per heavy atom. The standard InChI is InChI=1S/C8H13N3O/c1-4-8(12)11-5-7(6(2)3)9-10-11/h5-6H,4H2,1-3H3. The molecule has 0 aliphatic heterocycles. The van der Waals surface area contributed by atoms with Crippen molar-refractivity contribution >= 4 is 5.91 Å². The SMILES string of the molecule is CCC(=O)n1cc(C(C)C)nn1. The molecule has 0 saturated carbocycles. The second-order valence-corrected chi connectivity index (χ2v) is 2.99. The highest BCUT2D eigenvalue weighted by Crippen LogP contribution is 2.08. The summed E-state index contributed by atoms with van der Waals surface area (Å²) in [5, 5.41) is 7.60. The fourth-order valence-corrected chi connectivity index (χ4v) is 0.825. The van der Waals surface area contributed by atoms with Crippen LogP contribution in [0.15, 0.2) is 6.20 Å².